The van der Waals surface area contributed by atoms with E-state index in [2.05, 4.69) is 5.16 Å². The van der Waals surface area contributed by atoms with E-state index in [0.29, 0.717) is 18.8 Å². The van der Waals surface area contributed by atoms with Crippen molar-refractivity contribution < 1.29 is 14.7 Å². The monoisotopic (exact) mass is 238 g/mol. The molecule has 0 aliphatic rings. The SMILES string of the molecule is CCOCCCOc1ccc(C(N)=NO)cc1. The maximum atomic E-state index is 8.50. The second-order valence-electron chi connectivity index (χ2n) is 3.41. The van der Waals surface area contributed by atoms with Gasteiger partial charge in [0, 0.05) is 25.2 Å². The summed E-state index contributed by atoms with van der Waals surface area (Å²) in [5.41, 5.74) is 6.10. The minimum atomic E-state index is 0.0906. The van der Waals surface area contributed by atoms with E-state index in [-0.39, 0.29) is 5.84 Å². The predicted octanol–water partition coefficient (Wildman–Crippen LogP) is 1.59. The highest BCUT2D eigenvalue weighted by atomic mass is 16.5. The number of nitrogens with zero attached hydrogens (tertiary/aromatic N) is 1. The Labute approximate surface area is 101 Å². The molecule has 0 fully saturated rings. The van der Waals surface area contributed by atoms with E-state index in [9.17, 15) is 0 Å². The van der Waals surface area contributed by atoms with E-state index in [0.717, 1.165) is 18.8 Å². The first-order chi connectivity index (χ1) is 8.27. The third kappa shape index (κ3) is 4.74. The van der Waals surface area contributed by atoms with Crippen LogP contribution in [-0.2, 0) is 4.74 Å². The Morgan fingerprint density at radius 3 is 2.59 bits per heavy atom. The van der Waals surface area contributed by atoms with Gasteiger partial charge in [-0.25, -0.2) is 0 Å². The highest BCUT2D eigenvalue weighted by molar-refractivity contribution is 5.97. The smallest absolute Gasteiger partial charge is 0.170 e. The zero-order valence-electron chi connectivity index (χ0n) is 9.93. The van der Waals surface area contributed by atoms with Gasteiger partial charge in [-0.1, -0.05) is 5.16 Å². The van der Waals surface area contributed by atoms with Gasteiger partial charge in [0.05, 0.1) is 6.61 Å². The molecule has 0 radical (unpaired) electrons. The summed E-state index contributed by atoms with van der Waals surface area (Å²) >= 11 is 0. The summed E-state index contributed by atoms with van der Waals surface area (Å²) in [6.07, 6.45) is 0.857. The molecule has 0 amide bonds. The summed E-state index contributed by atoms with van der Waals surface area (Å²) in [5, 5.41) is 11.4. The zero-order chi connectivity index (χ0) is 12.5. The second kappa shape index (κ2) is 7.51. The van der Waals surface area contributed by atoms with E-state index >= 15 is 0 Å². The Morgan fingerprint density at radius 2 is 2.00 bits per heavy atom. The fraction of sp³-hybridized carbons (Fsp3) is 0.417. The summed E-state index contributed by atoms with van der Waals surface area (Å²) in [6, 6.07) is 7.06. The van der Waals surface area contributed by atoms with Crippen molar-refractivity contribution in [1.82, 2.24) is 0 Å². The summed E-state index contributed by atoms with van der Waals surface area (Å²) in [7, 11) is 0. The molecule has 0 spiro atoms. The fourth-order valence-corrected chi connectivity index (χ4v) is 1.28. The zero-order valence-corrected chi connectivity index (χ0v) is 9.93. The number of nitrogens with two attached hydrogens (primary N) is 1. The maximum absolute atomic E-state index is 8.50. The molecule has 5 nitrogen and oxygen atoms in total. The molecule has 5 heteroatoms. The highest BCUT2D eigenvalue weighted by Crippen LogP contribution is 2.12. The number of oxime groups is 1. The molecule has 0 saturated heterocycles. The maximum Gasteiger partial charge on any atom is 0.170 e. The van der Waals surface area contributed by atoms with Crippen LogP contribution in [0.15, 0.2) is 29.4 Å². The molecule has 0 aliphatic carbocycles. The fourth-order valence-electron chi connectivity index (χ4n) is 1.28. The Hall–Kier alpha value is -1.75. The Kier molecular flexibility index (Phi) is 5.88. The Morgan fingerprint density at radius 1 is 1.29 bits per heavy atom. The van der Waals surface area contributed by atoms with Gasteiger partial charge in [-0.2, -0.15) is 0 Å². The molecular formula is C12H18N2O3. The minimum absolute atomic E-state index is 0.0906. The van der Waals surface area contributed by atoms with Crippen molar-refractivity contribution >= 4 is 5.84 Å². The molecule has 1 rings (SSSR count). The molecule has 0 unspecified atom stereocenters. The topological polar surface area (TPSA) is 77.1 Å². The van der Waals surface area contributed by atoms with Gasteiger partial charge < -0.3 is 20.4 Å². The molecule has 0 aliphatic heterocycles. The van der Waals surface area contributed by atoms with E-state index in [1.165, 1.54) is 0 Å². The van der Waals surface area contributed by atoms with E-state index in [1.54, 1.807) is 24.3 Å². The lowest BCUT2D eigenvalue weighted by Crippen LogP contribution is -2.12. The number of amidine groups is 1. The lowest BCUT2D eigenvalue weighted by Gasteiger charge is -2.06. The third-order valence-corrected chi connectivity index (χ3v) is 2.16. The predicted molar refractivity (Wildman–Crippen MR) is 65.6 cm³/mol. The number of rotatable bonds is 7. The largest absolute Gasteiger partial charge is 0.494 e. The van der Waals surface area contributed by atoms with Crippen LogP contribution in [0.25, 0.3) is 0 Å². The minimum Gasteiger partial charge on any atom is -0.494 e. The van der Waals surface area contributed by atoms with Crippen molar-refractivity contribution in [3.05, 3.63) is 29.8 Å². The van der Waals surface area contributed by atoms with E-state index in [4.69, 9.17) is 20.4 Å². The first-order valence-electron chi connectivity index (χ1n) is 5.56. The van der Waals surface area contributed by atoms with Gasteiger partial charge in [0.15, 0.2) is 5.84 Å². The summed E-state index contributed by atoms with van der Waals surface area (Å²) in [5.74, 6) is 0.851. The van der Waals surface area contributed by atoms with Crippen LogP contribution in [0.1, 0.15) is 18.9 Å². The van der Waals surface area contributed by atoms with Gasteiger partial charge in [0.2, 0.25) is 0 Å². The molecule has 1 aromatic rings. The van der Waals surface area contributed by atoms with Crippen LogP contribution in [0.4, 0.5) is 0 Å². The van der Waals surface area contributed by atoms with Gasteiger partial charge in [-0.05, 0) is 31.2 Å². The lowest BCUT2D eigenvalue weighted by molar-refractivity contribution is 0.131. The normalized spacial score (nSPS) is 11.5. The molecular weight excluding hydrogens is 220 g/mol. The van der Waals surface area contributed by atoms with Crippen LogP contribution in [0.5, 0.6) is 5.75 Å². The van der Waals surface area contributed by atoms with Crippen molar-refractivity contribution in [1.29, 1.82) is 0 Å². The Bertz CT molecular complexity index is 349. The average Bonchev–Trinajstić information content (AvgIpc) is 2.38. The van der Waals surface area contributed by atoms with Crippen molar-refractivity contribution in [2.24, 2.45) is 10.9 Å². The van der Waals surface area contributed by atoms with Gasteiger partial charge in [-0.15, -0.1) is 0 Å². The van der Waals surface area contributed by atoms with Gasteiger partial charge >= 0.3 is 0 Å². The number of ether oxygens (including phenoxy) is 2. The average molecular weight is 238 g/mol. The van der Waals surface area contributed by atoms with Crippen LogP contribution < -0.4 is 10.5 Å². The van der Waals surface area contributed by atoms with Crippen LogP contribution in [0, 0.1) is 0 Å². The van der Waals surface area contributed by atoms with Gasteiger partial charge in [0.1, 0.15) is 5.75 Å². The molecule has 0 bridgehead atoms. The lowest BCUT2D eigenvalue weighted by atomic mass is 10.2. The van der Waals surface area contributed by atoms with Gasteiger partial charge in [-0.3, -0.25) is 0 Å². The number of hydrogen-bond acceptors (Lipinski definition) is 4. The Balaban J connectivity index is 2.35. The van der Waals surface area contributed by atoms with Crippen LogP contribution in [0.3, 0.4) is 0 Å². The van der Waals surface area contributed by atoms with Crippen molar-refractivity contribution in [2.75, 3.05) is 19.8 Å². The summed E-state index contributed by atoms with van der Waals surface area (Å²) in [4.78, 5) is 0. The van der Waals surface area contributed by atoms with E-state index < -0.39 is 0 Å². The van der Waals surface area contributed by atoms with Crippen LogP contribution in [0.2, 0.25) is 0 Å². The van der Waals surface area contributed by atoms with E-state index in [1.807, 2.05) is 6.92 Å². The molecule has 17 heavy (non-hydrogen) atoms. The number of benzene rings is 1. The molecule has 3 N–H and O–H groups in total. The molecule has 0 aromatic heterocycles. The van der Waals surface area contributed by atoms with Crippen LogP contribution >= 0.6 is 0 Å². The van der Waals surface area contributed by atoms with Crippen LogP contribution in [-0.4, -0.2) is 30.9 Å². The van der Waals surface area contributed by atoms with Crippen molar-refractivity contribution in [2.45, 2.75) is 13.3 Å². The molecule has 94 valence electrons. The summed E-state index contributed by atoms with van der Waals surface area (Å²) < 4.78 is 10.7. The summed E-state index contributed by atoms with van der Waals surface area (Å²) in [6.45, 7) is 4.02. The first-order valence-corrected chi connectivity index (χ1v) is 5.56. The molecule has 0 atom stereocenters. The van der Waals surface area contributed by atoms with Crippen molar-refractivity contribution in [3.8, 4) is 5.75 Å². The quantitative estimate of drug-likeness (QED) is 0.248. The van der Waals surface area contributed by atoms with Crippen molar-refractivity contribution in [3.63, 3.8) is 0 Å². The molecule has 1 aromatic carbocycles. The van der Waals surface area contributed by atoms with Gasteiger partial charge in [0.25, 0.3) is 0 Å². The highest BCUT2D eigenvalue weighted by Gasteiger charge is 1.99. The molecule has 0 heterocycles. The second-order valence-corrected chi connectivity index (χ2v) is 3.41. The first kappa shape index (κ1) is 13.3. The molecule has 0 saturated carbocycles. The standard InChI is InChI=1S/C12H18N2O3/c1-2-16-8-3-9-17-11-6-4-10(5-7-11)12(13)14-15/h4-7,15H,2-3,8-9H2,1H3,(H2,13,14). The number of hydrogen-bond donors (Lipinski definition) is 2. The third-order valence-electron chi connectivity index (χ3n) is 2.16.